The molecule has 0 fully saturated rings. The summed E-state index contributed by atoms with van der Waals surface area (Å²) in [6.07, 6.45) is 10.9. The Morgan fingerprint density at radius 1 is 0.838 bits per heavy atom. The molecule has 0 aromatic heterocycles. The van der Waals surface area contributed by atoms with Gasteiger partial charge in [-0.2, -0.15) is 0 Å². The van der Waals surface area contributed by atoms with Gasteiger partial charge in [0.2, 0.25) is 0 Å². The van der Waals surface area contributed by atoms with Crippen molar-refractivity contribution >= 4 is 47.7 Å². The molecule has 0 radical (unpaired) electrons. The summed E-state index contributed by atoms with van der Waals surface area (Å²) in [5.41, 5.74) is 9.45. The van der Waals surface area contributed by atoms with E-state index >= 15 is 0 Å². The van der Waals surface area contributed by atoms with Crippen LogP contribution in [0.2, 0.25) is 4.63 Å². The van der Waals surface area contributed by atoms with E-state index in [1.807, 2.05) is 12.2 Å². The molecule has 2 aliphatic rings. The minimum atomic E-state index is -4.19. The largest absolute Gasteiger partial charge is 0.147 e. The Kier molecular flexibility index (Phi) is 8.18. The zero-order valence-electron chi connectivity index (χ0n) is 22.4. The minimum Gasteiger partial charge on any atom is -0.147 e. The molecule has 0 saturated carbocycles. The van der Waals surface area contributed by atoms with Gasteiger partial charge in [0.05, 0.1) is 0 Å². The van der Waals surface area contributed by atoms with Crippen LogP contribution < -0.4 is 6.54 Å². The standard InChI is InChI=1S/C17H13.C9H13.C6H5.CH3.CH2.2ClH.Zr/c1-3-12-5-7-14-11-15-8-6-13(4-2)10-17(15)16(14)9-12;1-9(2,3)8-6-4-5-7-8;1-2-4-6-5-3-1;;;;;/h3-7,9-10H,1-2,11H2;6-7H,4H2,1-3H3;1-5H;1H3;1H2;2*1H;. The van der Waals surface area contributed by atoms with E-state index in [-0.39, 0.29) is 30.2 Å². The second-order valence-electron chi connectivity index (χ2n) is 11.8. The monoisotopic (exact) mass is 606 g/mol. The number of rotatable bonds is 5. The van der Waals surface area contributed by atoms with Crippen LogP contribution in [-0.4, -0.2) is 4.21 Å². The normalized spacial score (nSPS) is 14.4. The molecule has 0 heterocycles. The molecular weight excluding hydrogens is 571 g/mol. The molecule has 0 saturated heterocycles. The molecule has 0 unspecified atom stereocenters. The van der Waals surface area contributed by atoms with Gasteiger partial charge in [-0.05, 0) is 0 Å². The maximum Gasteiger partial charge on any atom is -0.147 e. The van der Waals surface area contributed by atoms with E-state index in [9.17, 15) is 0 Å². The van der Waals surface area contributed by atoms with Gasteiger partial charge < -0.3 is 0 Å². The summed E-state index contributed by atoms with van der Waals surface area (Å²) >= 11 is -4.19. The first kappa shape index (κ1) is 29.5. The van der Waals surface area contributed by atoms with Crippen LogP contribution in [0.25, 0.3) is 23.3 Å². The molecule has 0 atom stereocenters. The summed E-state index contributed by atoms with van der Waals surface area (Å²) in [7, 11) is 0. The van der Waals surface area contributed by atoms with Gasteiger partial charge in [-0.15, -0.1) is 24.8 Å². The molecule has 0 N–H and O–H groups in total. The summed E-state index contributed by atoms with van der Waals surface area (Å²) < 4.78 is 12.3. The van der Waals surface area contributed by atoms with Gasteiger partial charge >= 0.3 is 213 Å². The zero-order chi connectivity index (χ0) is 25.0. The topological polar surface area (TPSA) is 0 Å². The first-order valence-electron chi connectivity index (χ1n) is 12.6. The van der Waals surface area contributed by atoms with Crippen LogP contribution >= 0.6 is 24.8 Å². The molecule has 0 nitrogen and oxygen atoms in total. The van der Waals surface area contributed by atoms with Crippen molar-refractivity contribution in [2.24, 2.45) is 5.41 Å². The van der Waals surface area contributed by atoms with E-state index in [1.54, 1.807) is 3.28 Å². The van der Waals surface area contributed by atoms with Crippen LogP contribution in [-0.2, 0) is 24.7 Å². The average Bonchev–Trinajstić information content (AvgIpc) is 3.50. The Hall–Kier alpha value is -2.05. The third-order valence-electron chi connectivity index (χ3n) is 8.43. The summed E-state index contributed by atoms with van der Waals surface area (Å²) in [4.78, 5) is 0. The summed E-state index contributed by atoms with van der Waals surface area (Å²) in [5.74, 6) is 0. The van der Waals surface area contributed by atoms with Crippen molar-refractivity contribution in [3.63, 3.8) is 0 Å². The van der Waals surface area contributed by atoms with Crippen molar-refractivity contribution in [3.05, 3.63) is 117 Å². The van der Waals surface area contributed by atoms with E-state index < -0.39 is 18.3 Å². The molecule has 5 rings (SSSR count). The number of hydrogen-bond acceptors (Lipinski definition) is 0. The summed E-state index contributed by atoms with van der Waals surface area (Å²) in [6, 6.07) is 22.7. The van der Waals surface area contributed by atoms with E-state index in [4.69, 9.17) is 4.21 Å². The van der Waals surface area contributed by atoms with Gasteiger partial charge in [-0.1, -0.05) is 0 Å². The Morgan fingerprint density at radius 3 is 2.08 bits per heavy atom. The first-order chi connectivity index (χ1) is 16.6. The fourth-order valence-electron chi connectivity index (χ4n) is 6.09. The van der Waals surface area contributed by atoms with E-state index in [0.29, 0.717) is 0 Å². The van der Waals surface area contributed by atoms with Gasteiger partial charge in [0.25, 0.3) is 0 Å². The molecule has 37 heavy (non-hydrogen) atoms. The molecule has 3 aromatic rings. The van der Waals surface area contributed by atoms with Crippen LogP contribution in [0, 0.1) is 5.41 Å². The van der Waals surface area contributed by atoms with Gasteiger partial charge in [-0.3, -0.25) is 0 Å². The summed E-state index contributed by atoms with van der Waals surface area (Å²) in [6.45, 7) is 15.1. The van der Waals surface area contributed by atoms with Crippen molar-refractivity contribution in [2.45, 2.75) is 38.2 Å². The minimum absolute atomic E-state index is 0. The SMILES string of the molecule is C=Cc1ccc2c(c1)-c1cc(C=C)c[c]([Zr](=[CH2])([CH3])([C]3=CC(C(C)(C)C)=CC3)[c]3ccccc3)c1C2.Cl.Cl. The number of fused-ring (bicyclic) bond motifs is 3. The van der Waals surface area contributed by atoms with Crippen LogP contribution in [0.15, 0.2) is 94.8 Å². The van der Waals surface area contributed by atoms with Crippen molar-refractivity contribution in [3.8, 4) is 11.1 Å². The Morgan fingerprint density at radius 2 is 1.49 bits per heavy atom. The second-order valence-corrected chi connectivity index (χ2v) is 26.0. The molecule has 2 aliphatic carbocycles. The van der Waals surface area contributed by atoms with Crippen molar-refractivity contribution in [1.29, 1.82) is 0 Å². The molecule has 0 bridgehead atoms. The van der Waals surface area contributed by atoms with Crippen LogP contribution in [0.3, 0.4) is 0 Å². The first-order valence-corrected chi connectivity index (χ1v) is 20.5. The zero-order valence-corrected chi connectivity index (χ0v) is 26.5. The van der Waals surface area contributed by atoms with Crippen LogP contribution in [0.1, 0.15) is 49.4 Å². The van der Waals surface area contributed by atoms with Crippen LogP contribution in [0.4, 0.5) is 0 Å². The average molecular weight is 609 g/mol. The molecule has 0 amide bonds. The number of halogens is 2. The Bertz CT molecular complexity index is 1510. The van der Waals surface area contributed by atoms with Gasteiger partial charge in [-0.25, -0.2) is 0 Å². The van der Waals surface area contributed by atoms with Crippen LogP contribution in [0.5, 0.6) is 0 Å². The number of hydrogen-bond donors (Lipinski definition) is 0. The predicted molar refractivity (Wildman–Crippen MR) is 168 cm³/mol. The molecule has 192 valence electrons. The van der Waals surface area contributed by atoms with E-state index in [1.165, 1.54) is 45.5 Å². The molecular formula is C34H38Cl2Zr. The molecule has 3 heteroatoms. The fraction of sp³-hybridized carbons (Fsp3) is 0.206. The van der Waals surface area contributed by atoms with Crippen molar-refractivity contribution in [1.82, 2.24) is 0 Å². The number of benzene rings is 3. The third-order valence-corrected chi connectivity index (χ3v) is 22.9. The Labute approximate surface area is 236 Å². The molecule has 0 spiro atoms. The summed E-state index contributed by atoms with van der Waals surface area (Å²) in [5, 5.41) is 0. The van der Waals surface area contributed by atoms with Gasteiger partial charge in [0, 0.05) is 0 Å². The second kappa shape index (κ2) is 10.3. The fourth-order valence-corrected chi connectivity index (χ4v) is 18.2. The Balaban J connectivity index is 0.00000190. The maximum absolute atomic E-state index is 5.35. The predicted octanol–water partition coefficient (Wildman–Crippen LogP) is 8.77. The van der Waals surface area contributed by atoms with Gasteiger partial charge in [0.15, 0.2) is 0 Å². The van der Waals surface area contributed by atoms with E-state index in [0.717, 1.165) is 12.8 Å². The maximum atomic E-state index is 5.35. The quantitative estimate of drug-likeness (QED) is 0.213. The van der Waals surface area contributed by atoms with Crippen molar-refractivity contribution in [2.75, 3.05) is 0 Å². The molecule has 0 aliphatic heterocycles. The number of allylic oxidation sites excluding steroid dienone is 4. The smallest absolute Gasteiger partial charge is 0.147 e. The van der Waals surface area contributed by atoms with E-state index in [2.05, 4.69) is 111 Å². The van der Waals surface area contributed by atoms with Gasteiger partial charge in [0.1, 0.15) is 0 Å². The van der Waals surface area contributed by atoms with Crippen molar-refractivity contribution < 1.29 is 18.3 Å². The molecule has 3 aromatic carbocycles. The third kappa shape index (κ3) is 4.69.